The maximum atomic E-state index is 14.7. The van der Waals surface area contributed by atoms with Crippen molar-refractivity contribution in [1.82, 2.24) is 24.5 Å². The number of hydrogen-bond donors (Lipinski definition) is 2. The zero-order chi connectivity index (χ0) is 21.5. The summed E-state index contributed by atoms with van der Waals surface area (Å²) in [5, 5.41) is 3.96. The molecule has 0 saturated heterocycles. The maximum Gasteiger partial charge on any atom is 0.263 e. The van der Waals surface area contributed by atoms with Gasteiger partial charge in [-0.25, -0.2) is 23.7 Å². The third-order valence-corrected chi connectivity index (χ3v) is 5.12. The van der Waals surface area contributed by atoms with Crippen molar-refractivity contribution >= 4 is 27.8 Å². The Hall–Kier alpha value is -4.14. The van der Waals surface area contributed by atoms with Crippen molar-refractivity contribution in [3.05, 3.63) is 88.9 Å². The van der Waals surface area contributed by atoms with E-state index in [1.165, 1.54) is 41.5 Å². The molecule has 31 heavy (non-hydrogen) atoms. The van der Waals surface area contributed by atoms with E-state index < -0.39 is 23.2 Å². The summed E-state index contributed by atoms with van der Waals surface area (Å²) in [6.07, 6.45) is 2.89. The number of aromatic nitrogens is 5. The Balaban J connectivity index is 1.72. The van der Waals surface area contributed by atoms with Crippen LogP contribution in [0.15, 0.2) is 66.0 Å². The van der Waals surface area contributed by atoms with Crippen molar-refractivity contribution in [2.75, 3.05) is 5.32 Å². The molecule has 0 radical (unpaired) electrons. The zero-order valence-electron chi connectivity index (χ0n) is 16.3. The molecule has 5 aromatic rings. The summed E-state index contributed by atoms with van der Waals surface area (Å²) >= 11 is 0. The van der Waals surface area contributed by atoms with Crippen molar-refractivity contribution in [3.63, 3.8) is 0 Å². The molecule has 0 bridgehead atoms. The van der Waals surface area contributed by atoms with Gasteiger partial charge < -0.3 is 10.3 Å². The van der Waals surface area contributed by atoms with Gasteiger partial charge in [-0.2, -0.15) is 0 Å². The van der Waals surface area contributed by atoms with Crippen molar-refractivity contribution in [1.29, 1.82) is 0 Å². The highest BCUT2D eigenvalue weighted by Gasteiger charge is 2.20. The average Bonchev–Trinajstić information content (AvgIpc) is 3.25. The molecule has 0 spiro atoms. The number of pyridine rings is 1. The zero-order valence-corrected chi connectivity index (χ0v) is 16.3. The molecule has 3 aromatic heterocycles. The van der Waals surface area contributed by atoms with Gasteiger partial charge in [-0.15, -0.1) is 0 Å². The lowest BCUT2D eigenvalue weighted by molar-refractivity contribution is 0.610. The van der Waals surface area contributed by atoms with Gasteiger partial charge in [0.25, 0.3) is 5.56 Å². The summed E-state index contributed by atoms with van der Waals surface area (Å²) in [6.45, 7) is 1.83. The summed E-state index contributed by atoms with van der Waals surface area (Å²) in [5.41, 5.74) is 1.15. The Bertz CT molecular complexity index is 1490. The van der Waals surface area contributed by atoms with Gasteiger partial charge in [-0.1, -0.05) is 18.2 Å². The molecule has 1 atom stereocenters. The van der Waals surface area contributed by atoms with Crippen molar-refractivity contribution in [2.45, 2.75) is 13.0 Å². The lowest BCUT2D eigenvalue weighted by atomic mass is 10.1. The molecule has 0 fully saturated rings. The SMILES string of the molecule is C[C@@H](Nc1ncnc2nc[nH]c12)c1cc2ccc(F)cc2c(=O)n1-c1ccccc1F. The van der Waals surface area contributed by atoms with Crippen LogP contribution in [-0.4, -0.2) is 24.5 Å². The van der Waals surface area contributed by atoms with Crippen LogP contribution < -0.4 is 10.9 Å². The second-order valence-corrected chi connectivity index (χ2v) is 7.08. The van der Waals surface area contributed by atoms with E-state index in [9.17, 15) is 13.6 Å². The van der Waals surface area contributed by atoms with Gasteiger partial charge in [-0.3, -0.25) is 9.36 Å². The van der Waals surface area contributed by atoms with E-state index in [1.807, 2.05) is 6.92 Å². The number of imidazole rings is 1. The van der Waals surface area contributed by atoms with Crippen LogP contribution in [0.25, 0.3) is 27.6 Å². The Morgan fingerprint density at radius 3 is 2.74 bits per heavy atom. The predicted octanol–water partition coefficient (Wildman–Crippen LogP) is 4.11. The molecule has 3 heterocycles. The largest absolute Gasteiger partial charge is 0.360 e. The molecule has 0 aliphatic rings. The predicted molar refractivity (Wildman–Crippen MR) is 113 cm³/mol. The first-order valence-corrected chi connectivity index (χ1v) is 9.53. The molecule has 0 saturated carbocycles. The second kappa shape index (κ2) is 7.28. The van der Waals surface area contributed by atoms with Crippen LogP contribution in [0, 0.1) is 11.6 Å². The number of nitrogens with zero attached hydrogens (tertiary/aromatic N) is 4. The number of para-hydroxylation sites is 1. The molecular weight excluding hydrogens is 402 g/mol. The average molecular weight is 418 g/mol. The summed E-state index contributed by atoms with van der Waals surface area (Å²) < 4.78 is 29.8. The Morgan fingerprint density at radius 1 is 1.06 bits per heavy atom. The van der Waals surface area contributed by atoms with Crippen molar-refractivity contribution < 1.29 is 8.78 Å². The fraction of sp³-hybridized carbons (Fsp3) is 0.0909. The summed E-state index contributed by atoms with van der Waals surface area (Å²) in [7, 11) is 0. The third kappa shape index (κ3) is 3.20. The highest BCUT2D eigenvalue weighted by molar-refractivity contribution is 5.84. The van der Waals surface area contributed by atoms with Gasteiger partial charge in [0, 0.05) is 5.69 Å². The van der Waals surface area contributed by atoms with E-state index in [1.54, 1.807) is 18.2 Å². The number of hydrogen-bond acceptors (Lipinski definition) is 5. The Labute approximate surface area is 174 Å². The molecule has 0 amide bonds. The van der Waals surface area contributed by atoms with Gasteiger partial charge in [0.05, 0.1) is 23.4 Å². The summed E-state index contributed by atoms with van der Waals surface area (Å²) in [6, 6.07) is 11.2. The first kappa shape index (κ1) is 18.9. The van der Waals surface area contributed by atoms with E-state index in [4.69, 9.17) is 0 Å². The first-order chi connectivity index (χ1) is 15.0. The number of halogens is 2. The van der Waals surface area contributed by atoms with E-state index in [2.05, 4.69) is 25.3 Å². The minimum Gasteiger partial charge on any atom is -0.360 e. The first-order valence-electron chi connectivity index (χ1n) is 9.53. The molecular formula is C22H16F2N6O. The number of anilines is 1. The van der Waals surface area contributed by atoms with Crippen molar-refractivity contribution in [3.8, 4) is 5.69 Å². The van der Waals surface area contributed by atoms with E-state index >= 15 is 0 Å². The summed E-state index contributed by atoms with van der Waals surface area (Å²) in [5.74, 6) is -0.611. The topological polar surface area (TPSA) is 88.5 Å². The van der Waals surface area contributed by atoms with Crippen LogP contribution >= 0.6 is 0 Å². The van der Waals surface area contributed by atoms with Gasteiger partial charge in [0.2, 0.25) is 0 Å². The van der Waals surface area contributed by atoms with Crippen LogP contribution in [0.3, 0.4) is 0 Å². The number of nitrogens with one attached hydrogen (secondary N) is 2. The lowest BCUT2D eigenvalue weighted by Gasteiger charge is -2.21. The molecule has 9 heteroatoms. The van der Waals surface area contributed by atoms with Crippen LogP contribution in [0.2, 0.25) is 0 Å². The third-order valence-electron chi connectivity index (χ3n) is 5.12. The maximum absolute atomic E-state index is 14.7. The minimum atomic E-state index is -0.563. The minimum absolute atomic E-state index is 0.0803. The molecule has 7 nitrogen and oxygen atoms in total. The molecule has 0 aliphatic carbocycles. The van der Waals surface area contributed by atoms with Gasteiger partial charge >= 0.3 is 0 Å². The number of H-pyrrole nitrogens is 1. The molecule has 0 aliphatic heterocycles. The number of rotatable bonds is 4. The Morgan fingerprint density at radius 2 is 1.90 bits per heavy atom. The smallest absolute Gasteiger partial charge is 0.263 e. The lowest BCUT2D eigenvalue weighted by Crippen LogP contribution is -2.26. The number of aromatic amines is 1. The van der Waals surface area contributed by atoms with Crippen LogP contribution in [0.1, 0.15) is 18.7 Å². The molecule has 2 N–H and O–H groups in total. The molecule has 154 valence electrons. The van der Waals surface area contributed by atoms with E-state index in [0.717, 1.165) is 6.07 Å². The van der Waals surface area contributed by atoms with E-state index in [0.29, 0.717) is 28.1 Å². The summed E-state index contributed by atoms with van der Waals surface area (Å²) in [4.78, 5) is 28.8. The van der Waals surface area contributed by atoms with Gasteiger partial charge in [-0.05, 0) is 42.6 Å². The highest BCUT2D eigenvalue weighted by Crippen LogP contribution is 2.26. The molecule has 5 rings (SSSR count). The number of fused-ring (bicyclic) bond motifs is 2. The fourth-order valence-corrected chi connectivity index (χ4v) is 3.65. The highest BCUT2D eigenvalue weighted by atomic mass is 19.1. The standard InChI is InChI=1S/C22H16F2N6O/c1-12(29-21-19-20(26-10-25-19)27-11-28-21)18-8-13-6-7-14(23)9-15(13)22(31)30(18)17-5-3-2-4-16(17)24/h2-12H,1H3,(H2,25,26,27,28,29)/t12-/m1/s1. The molecule has 2 aromatic carbocycles. The quantitative estimate of drug-likeness (QED) is 0.459. The van der Waals surface area contributed by atoms with Crippen molar-refractivity contribution in [2.24, 2.45) is 0 Å². The van der Waals surface area contributed by atoms with E-state index in [-0.39, 0.29) is 11.1 Å². The Kier molecular flexibility index (Phi) is 4.43. The van der Waals surface area contributed by atoms with Crippen LogP contribution in [-0.2, 0) is 0 Å². The monoisotopic (exact) mass is 418 g/mol. The fourth-order valence-electron chi connectivity index (χ4n) is 3.65. The molecule has 0 unspecified atom stereocenters. The second-order valence-electron chi connectivity index (χ2n) is 7.08. The number of benzene rings is 2. The normalized spacial score (nSPS) is 12.4. The van der Waals surface area contributed by atoms with Crippen LogP contribution in [0.5, 0.6) is 0 Å². The van der Waals surface area contributed by atoms with Crippen LogP contribution in [0.4, 0.5) is 14.6 Å². The van der Waals surface area contributed by atoms with Gasteiger partial charge in [0.15, 0.2) is 11.5 Å². The van der Waals surface area contributed by atoms with Gasteiger partial charge in [0.1, 0.15) is 23.5 Å².